The number of nitrogens with two attached hydrogens (primary N) is 1. The number of benzene rings is 1. The molecule has 3 atom stereocenters. The van der Waals surface area contributed by atoms with Gasteiger partial charge >= 0.3 is 0 Å². The summed E-state index contributed by atoms with van der Waals surface area (Å²) >= 11 is 0. The van der Waals surface area contributed by atoms with Gasteiger partial charge in [-0.2, -0.15) is 0 Å². The van der Waals surface area contributed by atoms with E-state index in [1.54, 1.807) is 6.07 Å². The van der Waals surface area contributed by atoms with E-state index in [0.29, 0.717) is 30.1 Å². The summed E-state index contributed by atoms with van der Waals surface area (Å²) in [4.78, 5) is 14.8. The maximum Gasteiger partial charge on any atom is 0.241 e. The third kappa shape index (κ3) is 2.89. The highest BCUT2D eigenvalue weighted by molar-refractivity contribution is 5.97. The summed E-state index contributed by atoms with van der Waals surface area (Å²) < 4.78 is 5.81. The van der Waals surface area contributed by atoms with Gasteiger partial charge in [0.05, 0.1) is 30.1 Å². The lowest BCUT2D eigenvalue weighted by molar-refractivity contribution is -0.127. The van der Waals surface area contributed by atoms with Gasteiger partial charge in [-0.25, -0.2) is 0 Å². The zero-order chi connectivity index (χ0) is 14.8. The Bertz CT molecular complexity index is 520. The van der Waals surface area contributed by atoms with Gasteiger partial charge in [0.15, 0.2) is 0 Å². The SMILES string of the molecule is CC(C(=O)Nc1ccccc1N)N1CCOC2CCCC21. The summed E-state index contributed by atoms with van der Waals surface area (Å²) in [7, 11) is 0. The van der Waals surface area contributed by atoms with E-state index in [4.69, 9.17) is 10.5 Å². The van der Waals surface area contributed by atoms with Gasteiger partial charge in [-0.05, 0) is 38.3 Å². The molecule has 1 saturated carbocycles. The Labute approximate surface area is 125 Å². The molecule has 3 N–H and O–H groups in total. The van der Waals surface area contributed by atoms with Crippen LogP contribution in [0.5, 0.6) is 0 Å². The highest BCUT2D eigenvalue weighted by Gasteiger charge is 2.39. The fourth-order valence-electron chi connectivity index (χ4n) is 3.44. The molecule has 1 heterocycles. The van der Waals surface area contributed by atoms with Crippen molar-refractivity contribution in [2.45, 2.75) is 44.4 Å². The fraction of sp³-hybridized carbons (Fsp3) is 0.562. The van der Waals surface area contributed by atoms with Crippen molar-refractivity contribution in [2.75, 3.05) is 24.2 Å². The number of fused-ring (bicyclic) bond motifs is 1. The number of amides is 1. The van der Waals surface area contributed by atoms with Gasteiger partial charge < -0.3 is 15.8 Å². The molecule has 0 aromatic heterocycles. The van der Waals surface area contributed by atoms with E-state index in [1.165, 1.54) is 6.42 Å². The second kappa shape index (κ2) is 6.03. The summed E-state index contributed by atoms with van der Waals surface area (Å²) in [6, 6.07) is 7.57. The molecule has 1 aliphatic heterocycles. The number of rotatable bonds is 3. The molecule has 2 aliphatic rings. The van der Waals surface area contributed by atoms with E-state index < -0.39 is 0 Å². The van der Waals surface area contributed by atoms with Crippen LogP contribution in [0.4, 0.5) is 11.4 Å². The van der Waals surface area contributed by atoms with Gasteiger partial charge in [-0.15, -0.1) is 0 Å². The highest BCUT2D eigenvalue weighted by Crippen LogP contribution is 2.31. The molecule has 1 saturated heterocycles. The van der Waals surface area contributed by atoms with Crippen molar-refractivity contribution in [3.8, 4) is 0 Å². The predicted octanol–water partition coefficient (Wildman–Crippen LogP) is 1.85. The number of morpholine rings is 1. The zero-order valence-electron chi connectivity index (χ0n) is 12.4. The summed E-state index contributed by atoms with van der Waals surface area (Å²) in [6.45, 7) is 3.50. The molecule has 1 aliphatic carbocycles. The zero-order valence-corrected chi connectivity index (χ0v) is 12.4. The fourth-order valence-corrected chi connectivity index (χ4v) is 3.44. The Morgan fingerprint density at radius 3 is 3.05 bits per heavy atom. The minimum absolute atomic E-state index is 0.000417. The number of hydrogen-bond acceptors (Lipinski definition) is 4. The lowest BCUT2D eigenvalue weighted by atomic mass is 10.1. The van der Waals surface area contributed by atoms with Crippen molar-refractivity contribution in [3.05, 3.63) is 24.3 Å². The summed E-state index contributed by atoms with van der Waals surface area (Å²) in [5, 5.41) is 2.94. The Hall–Kier alpha value is -1.59. The van der Waals surface area contributed by atoms with Gasteiger partial charge in [0.1, 0.15) is 0 Å². The van der Waals surface area contributed by atoms with Crippen LogP contribution in [0.3, 0.4) is 0 Å². The van der Waals surface area contributed by atoms with Crippen LogP contribution in [0.1, 0.15) is 26.2 Å². The third-order valence-electron chi connectivity index (χ3n) is 4.62. The van der Waals surface area contributed by atoms with E-state index in [-0.39, 0.29) is 11.9 Å². The summed E-state index contributed by atoms with van der Waals surface area (Å²) in [5.41, 5.74) is 7.17. The van der Waals surface area contributed by atoms with Crippen LogP contribution in [-0.4, -0.2) is 42.1 Å². The van der Waals surface area contributed by atoms with Crippen molar-refractivity contribution < 1.29 is 9.53 Å². The lowest BCUT2D eigenvalue weighted by Crippen LogP contribution is -2.55. The number of nitrogen functional groups attached to an aromatic ring is 1. The Balaban J connectivity index is 1.68. The van der Waals surface area contributed by atoms with Gasteiger partial charge in [0, 0.05) is 12.6 Å². The Kier molecular flexibility index (Phi) is 4.12. The molecule has 1 aromatic rings. The van der Waals surface area contributed by atoms with Gasteiger partial charge in [0.2, 0.25) is 5.91 Å². The summed E-state index contributed by atoms with van der Waals surface area (Å²) in [6.07, 6.45) is 3.72. The number of carbonyl (C=O) groups excluding carboxylic acids is 1. The molecule has 3 unspecified atom stereocenters. The number of hydrogen-bond donors (Lipinski definition) is 2. The Morgan fingerprint density at radius 2 is 2.24 bits per heavy atom. The van der Waals surface area contributed by atoms with E-state index in [0.717, 1.165) is 19.4 Å². The largest absolute Gasteiger partial charge is 0.397 e. The van der Waals surface area contributed by atoms with Crippen LogP contribution in [0, 0.1) is 0 Å². The molecule has 2 fully saturated rings. The van der Waals surface area contributed by atoms with Crippen LogP contribution < -0.4 is 11.1 Å². The standard InChI is InChI=1S/C16H23N3O2/c1-11(16(20)18-13-6-3-2-5-12(13)17)19-9-10-21-15-8-4-7-14(15)19/h2-3,5-6,11,14-15H,4,7-10,17H2,1H3,(H,18,20). The van der Waals surface area contributed by atoms with Crippen LogP contribution in [0.15, 0.2) is 24.3 Å². The smallest absolute Gasteiger partial charge is 0.241 e. The van der Waals surface area contributed by atoms with Crippen molar-refractivity contribution in [2.24, 2.45) is 0 Å². The average Bonchev–Trinajstić information content (AvgIpc) is 2.97. The maximum atomic E-state index is 12.5. The molecule has 3 rings (SSSR count). The lowest BCUT2D eigenvalue weighted by Gasteiger charge is -2.40. The van der Waals surface area contributed by atoms with E-state index in [2.05, 4.69) is 10.2 Å². The molecule has 21 heavy (non-hydrogen) atoms. The number of carbonyl (C=O) groups is 1. The first-order chi connectivity index (χ1) is 10.2. The van der Waals surface area contributed by atoms with E-state index in [1.807, 2.05) is 25.1 Å². The van der Waals surface area contributed by atoms with Crippen LogP contribution >= 0.6 is 0 Å². The first kappa shape index (κ1) is 14.4. The number of ether oxygens (including phenoxy) is 1. The minimum Gasteiger partial charge on any atom is -0.397 e. The monoisotopic (exact) mass is 289 g/mol. The normalized spacial score (nSPS) is 27.1. The van der Waals surface area contributed by atoms with E-state index in [9.17, 15) is 4.79 Å². The Morgan fingerprint density at radius 1 is 1.43 bits per heavy atom. The van der Waals surface area contributed by atoms with Crippen molar-refractivity contribution in [1.82, 2.24) is 4.90 Å². The second-order valence-corrected chi connectivity index (χ2v) is 5.90. The van der Waals surface area contributed by atoms with Crippen molar-refractivity contribution >= 4 is 17.3 Å². The maximum absolute atomic E-state index is 12.5. The van der Waals surface area contributed by atoms with Crippen LogP contribution in [0.2, 0.25) is 0 Å². The number of anilines is 2. The minimum atomic E-state index is -0.167. The van der Waals surface area contributed by atoms with Gasteiger partial charge in [0.25, 0.3) is 0 Å². The number of nitrogens with zero attached hydrogens (tertiary/aromatic N) is 1. The van der Waals surface area contributed by atoms with Crippen LogP contribution in [0.25, 0.3) is 0 Å². The van der Waals surface area contributed by atoms with Crippen molar-refractivity contribution in [1.29, 1.82) is 0 Å². The van der Waals surface area contributed by atoms with Crippen LogP contribution in [-0.2, 0) is 9.53 Å². The number of para-hydroxylation sites is 2. The van der Waals surface area contributed by atoms with E-state index >= 15 is 0 Å². The quantitative estimate of drug-likeness (QED) is 0.833. The van der Waals surface area contributed by atoms with Gasteiger partial charge in [-0.3, -0.25) is 9.69 Å². The molecule has 0 radical (unpaired) electrons. The van der Waals surface area contributed by atoms with Gasteiger partial charge in [-0.1, -0.05) is 12.1 Å². The molecule has 114 valence electrons. The molecule has 0 bridgehead atoms. The second-order valence-electron chi connectivity index (χ2n) is 5.90. The topological polar surface area (TPSA) is 67.6 Å². The first-order valence-electron chi connectivity index (χ1n) is 7.69. The molecule has 5 nitrogen and oxygen atoms in total. The highest BCUT2D eigenvalue weighted by atomic mass is 16.5. The molecular weight excluding hydrogens is 266 g/mol. The average molecular weight is 289 g/mol. The molecule has 0 spiro atoms. The van der Waals surface area contributed by atoms with Crippen molar-refractivity contribution in [3.63, 3.8) is 0 Å². The predicted molar refractivity (Wildman–Crippen MR) is 83.0 cm³/mol. The molecular formula is C16H23N3O2. The third-order valence-corrected chi connectivity index (χ3v) is 4.62. The molecule has 1 amide bonds. The summed E-state index contributed by atoms with van der Waals surface area (Å²) in [5.74, 6) is 0.000417. The first-order valence-corrected chi connectivity index (χ1v) is 7.69. The molecule has 5 heteroatoms. The number of nitrogens with one attached hydrogen (secondary N) is 1. The molecule has 1 aromatic carbocycles.